The van der Waals surface area contributed by atoms with Crippen molar-refractivity contribution in [3.05, 3.63) is 98.6 Å². The van der Waals surface area contributed by atoms with E-state index in [0.29, 0.717) is 26.0 Å². The molecule has 1 aliphatic heterocycles. The number of thioether (sulfide) groups is 1. The highest BCUT2D eigenvalue weighted by molar-refractivity contribution is 9.10. The van der Waals surface area contributed by atoms with Crippen molar-refractivity contribution in [3.63, 3.8) is 0 Å². The predicted molar refractivity (Wildman–Crippen MR) is 134 cm³/mol. The summed E-state index contributed by atoms with van der Waals surface area (Å²) in [7, 11) is 1.64. The molecule has 6 nitrogen and oxygen atoms in total. The number of carboxylic acid groups (broad SMARTS) is 1. The third-order valence-electron chi connectivity index (χ3n) is 4.88. The zero-order chi connectivity index (χ0) is 24.2. The van der Waals surface area contributed by atoms with Crippen LogP contribution in [-0.2, 0) is 11.4 Å². The fraction of sp³-hybridized carbons (Fsp3) is 0.0800. The molecule has 1 heterocycles. The number of nitrogens with zero attached hydrogens (tertiary/aromatic N) is 2. The summed E-state index contributed by atoms with van der Waals surface area (Å²) >= 11 is 4.72. The Kier molecular flexibility index (Phi) is 7.14. The van der Waals surface area contributed by atoms with Gasteiger partial charge in [-0.05, 0) is 93.4 Å². The SMILES string of the molecule is CN1C(=O)C(=Cc2ccc(OCc3cccc(F)c3)c(Br)c2)SC1=Nc1ccc(C(=O)O)cc1. The minimum atomic E-state index is -1.01. The summed E-state index contributed by atoms with van der Waals surface area (Å²) in [5, 5.41) is 9.51. The molecule has 1 fully saturated rings. The lowest BCUT2D eigenvalue weighted by Crippen LogP contribution is -2.23. The van der Waals surface area contributed by atoms with Gasteiger partial charge in [-0.2, -0.15) is 0 Å². The Morgan fingerprint density at radius 2 is 1.94 bits per heavy atom. The predicted octanol–water partition coefficient (Wildman–Crippen LogP) is 6.10. The van der Waals surface area contributed by atoms with Crippen LogP contribution in [0.5, 0.6) is 5.75 Å². The molecule has 172 valence electrons. The second-order valence-corrected chi connectivity index (χ2v) is 9.19. The van der Waals surface area contributed by atoms with E-state index in [2.05, 4.69) is 20.9 Å². The zero-order valence-corrected chi connectivity index (χ0v) is 20.3. The molecule has 1 N–H and O–H groups in total. The van der Waals surface area contributed by atoms with Crippen molar-refractivity contribution >= 4 is 56.5 Å². The number of likely N-dealkylation sites (N-methyl/N-ethyl adjacent to an activating group) is 1. The second kappa shape index (κ2) is 10.2. The maximum absolute atomic E-state index is 13.3. The topological polar surface area (TPSA) is 79.2 Å². The summed E-state index contributed by atoms with van der Waals surface area (Å²) in [6.45, 7) is 0.225. The van der Waals surface area contributed by atoms with Crippen molar-refractivity contribution in [2.24, 2.45) is 4.99 Å². The minimum Gasteiger partial charge on any atom is -0.488 e. The van der Waals surface area contributed by atoms with E-state index in [4.69, 9.17) is 9.84 Å². The molecule has 1 amide bonds. The van der Waals surface area contributed by atoms with Gasteiger partial charge in [0.1, 0.15) is 18.2 Å². The molecule has 0 unspecified atom stereocenters. The molecule has 4 rings (SSSR count). The molecule has 34 heavy (non-hydrogen) atoms. The van der Waals surface area contributed by atoms with Crippen molar-refractivity contribution in [1.29, 1.82) is 0 Å². The van der Waals surface area contributed by atoms with Crippen LogP contribution in [0.1, 0.15) is 21.5 Å². The van der Waals surface area contributed by atoms with Crippen LogP contribution in [0.4, 0.5) is 10.1 Å². The molecular weight excluding hydrogens is 523 g/mol. The number of hydrogen-bond donors (Lipinski definition) is 1. The summed E-state index contributed by atoms with van der Waals surface area (Å²) < 4.78 is 19.8. The summed E-state index contributed by atoms with van der Waals surface area (Å²) in [4.78, 5) is 30.1. The lowest BCUT2D eigenvalue weighted by Gasteiger charge is -2.09. The van der Waals surface area contributed by atoms with Crippen molar-refractivity contribution in [2.75, 3.05) is 7.05 Å². The van der Waals surface area contributed by atoms with Gasteiger partial charge in [0.25, 0.3) is 5.91 Å². The van der Waals surface area contributed by atoms with E-state index in [1.807, 2.05) is 12.1 Å². The number of carbonyl (C=O) groups excluding carboxylic acids is 1. The van der Waals surface area contributed by atoms with Crippen LogP contribution in [0.15, 0.2) is 81.1 Å². The van der Waals surface area contributed by atoms with E-state index in [-0.39, 0.29) is 23.9 Å². The normalized spacial score (nSPS) is 15.9. The molecular formula is C25H18BrFN2O4S. The van der Waals surface area contributed by atoms with Gasteiger partial charge in [-0.25, -0.2) is 14.2 Å². The van der Waals surface area contributed by atoms with Gasteiger partial charge in [0.05, 0.1) is 20.6 Å². The smallest absolute Gasteiger partial charge is 0.335 e. The van der Waals surface area contributed by atoms with Gasteiger partial charge in [0, 0.05) is 7.05 Å². The van der Waals surface area contributed by atoms with E-state index in [9.17, 15) is 14.0 Å². The Balaban J connectivity index is 1.48. The molecule has 9 heteroatoms. The van der Waals surface area contributed by atoms with E-state index < -0.39 is 5.97 Å². The number of aliphatic imine (C=N–C) groups is 1. The molecule has 0 saturated carbocycles. The highest BCUT2D eigenvalue weighted by Gasteiger charge is 2.30. The first-order valence-corrected chi connectivity index (χ1v) is 11.7. The monoisotopic (exact) mass is 540 g/mol. The highest BCUT2D eigenvalue weighted by Crippen LogP contribution is 2.34. The van der Waals surface area contributed by atoms with Gasteiger partial charge >= 0.3 is 5.97 Å². The molecule has 3 aromatic carbocycles. The molecule has 3 aromatic rings. The minimum absolute atomic E-state index is 0.168. The van der Waals surface area contributed by atoms with Crippen LogP contribution in [0, 0.1) is 5.82 Å². The molecule has 1 aliphatic rings. The fourth-order valence-corrected chi connectivity index (χ4v) is 4.60. The van der Waals surface area contributed by atoms with Crippen LogP contribution < -0.4 is 4.74 Å². The van der Waals surface area contributed by atoms with E-state index in [1.165, 1.54) is 40.9 Å². The number of benzene rings is 3. The summed E-state index contributed by atoms with van der Waals surface area (Å²) in [6.07, 6.45) is 1.76. The average Bonchev–Trinajstić information content (AvgIpc) is 3.06. The van der Waals surface area contributed by atoms with E-state index >= 15 is 0 Å². The zero-order valence-electron chi connectivity index (χ0n) is 17.9. The maximum atomic E-state index is 13.3. The number of rotatable bonds is 6. The third kappa shape index (κ3) is 5.55. The first kappa shape index (κ1) is 23.7. The summed E-state index contributed by atoms with van der Waals surface area (Å²) in [5.41, 5.74) is 2.23. The van der Waals surface area contributed by atoms with E-state index in [0.717, 1.165) is 11.1 Å². The Morgan fingerprint density at radius 3 is 2.62 bits per heavy atom. The van der Waals surface area contributed by atoms with Gasteiger partial charge in [-0.1, -0.05) is 18.2 Å². The van der Waals surface area contributed by atoms with Gasteiger partial charge in [0.2, 0.25) is 0 Å². The lowest BCUT2D eigenvalue weighted by molar-refractivity contribution is -0.121. The molecule has 0 spiro atoms. The number of carbonyl (C=O) groups is 2. The molecule has 0 radical (unpaired) electrons. The molecule has 0 aliphatic carbocycles. The van der Waals surface area contributed by atoms with Crippen LogP contribution in [-0.4, -0.2) is 34.1 Å². The van der Waals surface area contributed by atoms with Crippen molar-refractivity contribution < 1.29 is 23.8 Å². The second-order valence-electron chi connectivity index (χ2n) is 7.33. The number of ether oxygens (including phenoxy) is 1. The Labute approximate surface area is 207 Å². The molecule has 0 aromatic heterocycles. The number of halogens is 2. The third-order valence-corrected chi connectivity index (χ3v) is 6.56. The Bertz CT molecular complexity index is 1320. The standard InChI is InChI=1S/C25H18BrFN2O4S/c1-29-23(30)22(34-25(29)28-19-8-6-17(7-9-19)24(31)32)13-15-5-10-21(20(26)12-15)33-14-16-3-2-4-18(27)11-16/h2-13H,14H2,1H3,(H,31,32). The molecule has 0 atom stereocenters. The number of amidine groups is 1. The first-order chi connectivity index (χ1) is 16.3. The molecule has 0 bridgehead atoms. The van der Waals surface area contributed by atoms with Crippen LogP contribution >= 0.6 is 27.7 Å². The van der Waals surface area contributed by atoms with Crippen LogP contribution in [0.25, 0.3) is 6.08 Å². The lowest BCUT2D eigenvalue weighted by atomic mass is 10.2. The quantitative estimate of drug-likeness (QED) is 0.382. The highest BCUT2D eigenvalue weighted by atomic mass is 79.9. The Morgan fingerprint density at radius 1 is 1.18 bits per heavy atom. The number of amides is 1. The van der Waals surface area contributed by atoms with Crippen molar-refractivity contribution in [1.82, 2.24) is 4.90 Å². The van der Waals surface area contributed by atoms with Gasteiger partial charge < -0.3 is 9.84 Å². The maximum Gasteiger partial charge on any atom is 0.335 e. The fourth-order valence-electron chi connectivity index (χ4n) is 3.10. The van der Waals surface area contributed by atoms with Crippen LogP contribution in [0.3, 0.4) is 0 Å². The van der Waals surface area contributed by atoms with Crippen LogP contribution in [0.2, 0.25) is 0 Å². The number of hydrogen-bond acceptors (Lipinski definition) is 5. The first-order valence-electron chi connectivity index (χ1n) is 10.1. The Hall–Kier alpha value is -3.43. The summed E-state index contributed by atoms with van der Waals surface area (Å²) in [6, 6.07) is 17.8. The van der Waals surface area contributed by atoms with Gasteiger partial charge in [0.15, 0.2) is 5.17 Å². The van der Waals surface area contributed by atoms with Crippen molar-refractivity contribution in [2.45, 2.75) is 6.61 Å². The van der Waals surface area contributed by atoms with Crippen molar-refractivity contribution in [3.8, 4) is 5.75 Å². The largest absolute Gasteiger partial charge is 0.488 e. The average molecular weight is 541 g/mol. The van der Waals surface area contributed by atoms with E-state index in [1.54, 1.807) is 43.5 Å². The number of aromatic carboxylic acids is 1. The number of carboxylic acids is 1. The van der Waals surface area contributed by atoms with Gasteiger partial charge in [-0.3, -0.25) is 9.69 Å². The summed E-state index contributed by atoms with van der Waals surface area (Å²) in [5.74, 6) is -0.913. The van der Waals surface area contributed by atoms with Gasteiger partial charge in [-0.15, -0.1) is 0 Å². The molecule has 1 saturated heterocycles.